The maximum absolute atomic E-state index is 11.9. The van der Waals surface area contributed by atoms with Gasteiger partial charge in [0.05, 0.1) is 0 Å². The van der Waals surface area contributed by atoms with Gasteiger partial charge in [-0.1, -0.05) is 13.8 Å². The third kappa shape index (κ3) is 6.71. The molecule has 0 saturated carbocycles. The second-order valence-electron chi connectivity index (χ2n) is 5.93. The summed E-state index contributed by atoms with van der Waals surface area (Å²) in [5.74, 6) is 0. The molecule has 0 unspecified atom stereocenters. The van der Waals surface area contributed by atoms with Crippen molar-refractivity contribution < 1.29 is 0 Å². The molecule has 6 heteroatoms. The van der Waals surface area contributed by atoms with E-state index >= 15 is 0 Å². The van der Waals surface area contributed by atoms with Gasteiger partial charge in [-0.3, -0.25) is 9.59 Å². The molecule has 1 N–H and O–H groups in total. The van der Waals surface area contributed by atoms with Gasteiger partial charge in [-0.15, -0.1) is 0 Å². The van der Waals surface area contributed by atoms with E-state index in [0.717, 1.165) is 39.0 Å². The van der Waals surface area contributed by atoms with E-state index in [9.17, 15) is 9.59 Å². The highest BCUT2D eigenvalue weighted by Gasteiger charge is 2.24. The highest BCUT2D eigenvalue weighted by atomic mass is 16.2. The number of hydrogen-bond acceptors (Lipinski definition) is 6. The van der Waals surface area contributed by atoms with E-state index in [1.165, 1.54) is 0 Å². The molecule has 0 bridgehead atoms. The van der Waals surface area contributed by atoms with E-state index in [-0.39, 0.29) is 5.43 Å². The molecule has 0 heterocycles. The van der Waals surface area contributed by atoms with Gasteiger partial charge in [0.2, 0.25) is 0 Å². The number of nitrogens with one attached hydrogen (secondary N) is 1. The Morgan fingerprint density at radius 3 is 1.57 bits per heavy atom. The molecule has 0 aromatic heterocycles. The van der Waals surface area contributed by atoms with Crippen LogP contribution in [0.15, 0.2) is 9.59 Å². The van der Waals surface area contributed by atoms with Crippen molar-refractivity contribution >= 4 is 11.4 Å². The van der Waals surface area contributed by atoms with Crippen molar-refractivity contribution in [1.29, 1.82) is 0 Å². The largest absolute Gasteiger partial charge is 0.383 e. The molecule has 6 nitrogen and oxygen atoms in total. The SMILES string of the molecule is CC.CNc1c(N(CCCN(C)C)CCCN(C)C)c(=O)c1=O. The van der Waals surface area contributed by atoms with Crippen molar-refractivity contribution in [2.45, 2.75) is 26.7 Å². The minimum absolute atomic E-state index is 0.353. The first-order valence-corrected chi connectivity index (χ1v) is 8.44. The lowest BCUT2D eigenvalue weighted by atomic mass is 10.1. The molecule has 0 radical (unpaired) electrons. The van der Waals surface area contributed by atoms with Crippen LogP contribution in [-0.2, 0) is 0 Å². The van der Waals surface area contributed by atoms with Crippen molar-refractivity contribution in [3.63, 3.8) is 0 Å². The Bertz CT molecular complexity index is 491. The van der Waals surface area contributed by atoms with E-state index in [1.807, 2.05) is 42.0 Å². The second-order valence-corrected chi connectivity index (χ2v) is 5.93. The molecule has 134 valence electrons. The van der Waals surface area contributed by atoms with Gasteiger partial charge in [0, 0.05) is 20.1 Å². The van der Waals surface area contributed by atoms with E-state index in [4.69, 9.17) is 0 Å². The molecular formula is C17H34N4O2. The monoisotopic (exact) mass is 326 g/mol. The molecule has 0 atom stereocenters. The number of rotatable bonds is 10. The van der Waals surface area contributed by atoms with E-state index < -0.39 is 5.43 Å². The van der Waals surface area contributed by atoms with Crippen LogP contribution in [0, 0.1) is 0 Å². The Morgan fingerprint density at radius 2 is 1.22 bits per heavy atom. The van der Waals surface area contributed by atoms with E-state index in [1.54, 1.807) is 7.05 Å². The highest BCUT2D eigenvalue weighted by Crippen LogP contribution is 2.20. The predicted molar refractivity (Wildman–Crippen MR) is 101 cm³/mol. The summed E-state index contributed by atoms with van der Waals surface area (Å²) < 4.78 is 0. The molecule has 0 aliphatic heterocycles. The van der Waals surface area contributed by atoms with E-state index in [0.29, 0.717) is 11.4 Å². The molecule has 0 saturated heterocycles. The van der Waals surface area contributed by atoms with Crippen molar-refractivity contribution in [3.8, 4) is 0 Å². The summed E-state index contributed by atoms with van der Waals surface area (Å²) in [6.45, 7) is 7.53. The minimum atomic E-state index is -0.391. The standard InChI is InChI=1S/C15H28N4O2.C2H6/c1-16-12-13(15(21)14(12)20)19(10-6-8-17(2)3)11-7-9-18(4)5;1-2/h16H,6-11H2,1-5H3;1-2H3. The maximum atomic E-state index is 11.9. The molecule has 23 heavy (non-hydrogen) atoms. The zero-order chi connectivity index (χ0) is 18.0. The lowest BCUT2D eigenvalue weighted by Gasteiger charge is -2.28. The molecule has 0 fully saturated rings. The zero-order valence-electron chi connectivity index (χ0n) is 15.9. The Balaban J connectivity index is 0.00000232. The Labute approximate surface area is 140 Å². The molecule has 1 aromatic carbocycles. The summed E-state index contributed by atoms with van der Waals surface area (Å²) in [5.41, 5.74) is 0.293. The summed E-state index contributed by atoms with van der Waals surface area (Å²) in [4.78, 5) is 29.7. The summed E-state index contributed by atoms with van der Waals surface area (Å²) in [7, 11) is 9.83. The molecular weight excluding hydrogens is 292 g/mol. The first-order chi connectivity index (χ1) is 10.9. The van der Waals surface area contributed by atoms with Crippen molar-refractivity contribution in [1.82, 2.24) is 9.80 Å². The van der Waals surface area contributed by atoms with Gasteiger partial charge in [0.25, 0.3) is 10.9 Å². The molecule has 0 aliphatic carbocycles. The van der Waals surface area contributed by atoms with E-state index in [2.05, 4.69) is 20.0 Å². The average molecular weight is 326 g/mol. The fourth-order valence-corrected chi connectivity index (χ4v) is 2.40. The average Bonchev–Trinajstić information content (AvgIpc) is 2.51. The smallest absolute Gasteiger partial charge is 0.253 e. The lowest BCUT2D eigenvalue weighted by Crippen LogP contribution is -2.43. The third-order valence-electron chi connectivity index (χ3n) is 3.52. The van der Waals surface area contributed by atoms with Crippen LogP contribution < -0.4 is 21.1 Å². The third-order valence-corrected chi connectivity index (χ3v) is 3.52. The predicted octanol–water partition coefficient (Wildman–Crippen LogP) is 1.06. The first kappa shape index (κ1) is 21.6. The topological polar surface area (TPSA) is 55.9 Å². The van der Waals surface area contributed by atoms with Crippen LogP contribution >= 0.6 is 0 Å². The summed E-state index contributed by atoms with van der Waals surface area (Å²) in [6.07, 6.45) is 1.94. The fourth-order valence-electron chi connectivity index (χ4n) is 2.40. The molecule has 0 aliphatic rings. The number of hydrogen-bond donors (Lipinski definition) is 1. The first-order valence-electron chi connectivity index (χ1n) is 8.44. The quantitative estimate of drug-likeness (QED) is 0.649. The Hall–Kier alpha value is -1.40. The van der Waals surface area contributed by atoms with Gasteiger partial charge in [0.1, 0.15) is 11.4 Å². The van der Waals surface area contributed by atoms with Gasteiger partial charge in [-0.25, -0.2) is 0 Å². The summed E-state index contributed by atoms with van der Waals surface area (Å²) in [5, 5.41) is 2.86. The van der Waals surface area contributed by atoms with Crippen LogP contribution in [0.25, 0.3) is 0 Å². The summed E-state index contributed by atoms with van der Waals surface area (Å²) >= 11 is 0. The van der Waals surface area contributed by atoms with Crippen LogP contribution in [0.4, 0.5) is 11.4 Å². The maximum Gasteiger partial charge on any atom is 0.253 e. The lowest BCUT2D eigenvalue weighted by molar-refractivity contribution is 0.390. The van der Waals surface area contributed by atoms with Gasteiger partial charge in [0.15, 0.2) is 0 Å². The van der Waals surface area contributed by atoms with Crippen LogP contribution in [0.3, 0.4) is 0 Å². The number of anilines is 2. The Morgan fingerprint density at radius 1 is 0.783 bits per heavy atom. The van der Waals surface area contributed by atoms with Crippen LogP contribution in [0.1, 0.15) is 26.7 Å². The van der Waals surface area contributed by atoms with Gasteiger partial charge >= 0.3 is 0 Å². The molecule has 0 spiro atoms. The Kier molecular flexibility index (Phi) is 10.5. The van der Waals surface area contributed by atoms with Crippen molar-refractivity contribution in [2.24, 2.45) is 0 Å². The molecule has 1 rings (SSSR count). The van der Waals surface area contributed by atoms with Gasteiger partial charge < -0.3 is 20.0 Å². The molecule has 0 amide bonds. The highest BCUT2D eigenvalue weighted by molar-refractivity contribution is 5.74. The van der Waals surface area contributed by atoms with Gasteiger partial charge in [-0.2, -0.15) is 0 Å². The normalized spacial score (nSPS) is 10.8. The van der Waals surface area contributed by atoms with Crippen LogP contribution in [0.2, 0.25) is 0 Å². The van der Waals surface area contributed by atoms with Crippen LogP contribution in [0.5, 0.6) is 0 Å². The second kappa shape index (κ2) is 11.2. The van der Waals surface area contributed by atoms with Crippen molar-refractivity contribution in [3.05, 3.63) is 20.4 Å². The van der Waals surface area contributed by atoms with Crippen molar-refractivity contribution in [2.75, 3.05) is 71.6 Å². The minimum Gasteiger partial charge on any atom is -0.383 e. The van der Waals surface area contributed by atoms with Gasteiger partial charge in [-0.05, 0) is 54.1 Å². The summed E-state index contributed by atoms with van der Waals surface area (Å²) in [6, 6.07) is 0. The zero-order valence-corrected chi connectivity index (χ0v) is 15.9. The molecule has 1 aromatic rings. The van der Waals surface area contributed by atoms with Crippen LogP contribution in [-0.4, -0.2) is 71.2 Å². The number of nitrogens with zero attached hydrogens (tertiary/aromatic N) is 3. The fraction of sp³-hybridized carbons (Fsp3) is 0.765.